The molecule has 1 saturated heterocycles. The molecule has 0 spiro atoms. The van der Waals surface area contributed by atoms with Gasteiger partial charge in [0.1, 0.15) is 5.75 Å². The zero-order valence-corrected chi connectivity index (χ0v) is 18.7. The highest BCUT2D eigenvalue weighted by Gasteiger charge is 2.42. The van der Waals surface area contributed by atoms with Crippen LogP contribution in [0.5, 0.6) is 5.75 Å². The highest BCUT2D eigenvalue weighted by Crippen LogP contribution is 2.35. The first-order valence-electron chi connectivity index (χ1n) is 11.1. The van der Waals surface area contributed by atoms with Gasteiger partial charge in [-0.3, -0.25) is 0 Å². The Labute approximate surface area is 188 Å². The van der Waals surface area contributed by atoms with Gasteiger partial charge in [-0.25, -0.2) is 4.79 Å². The number of alkyl halides is 3. The van der Waals surface area contributed by atoms with Crippen molar-refractivity contribution in [2.45, 2.75) is 58.0 Å². The first-order valence-corrected chi connectivity index (χ1v) is 11.1. The largest absolute Gasteiger partial charge is 0.491 e. The molecule has 0 unspecified atom stereocenters. The summed E-state index contributed by atoms with van der Waals surface area (Å²) in [5.41, 5.74) is 0.895. The van der Waals surface area contributed by atoms with Crippen molar-refractivity contribution in [1.82, 2.24) is 24.8 Å². The molecule has 0 radical (unpaired) electrons. The molecule has 3 aromatic rings. The van der Waals surface area contributed by atoms with Gasteiger partial charge in [0, 0.05) is 5.92 Å². The van der Waals surface area contributed by atoms with Crippen LogP contribution in [0.15, 0.2) is 22.7 Å². The summed E-state index contributed by atoms with van der Waals surface area (Å²) in [6.07, 6.45) is -2.17. The van der Waals surface area contributed by atoms with E-state index in [1.54, 1.807) is 6.07 Å². The van der Waals surface area contributed by atoms with Crippen LogP contribution < -0.4 is 4.74 Å². The molecule has 3 heterocycles. The average Bonchev–Trinajstić information content (AvgIpc) is 3.39. The minimum Gasteiger partial charge on any atom is -0.419 e. The van der Waals surface area contributed by atoms with E-state index in [0.29, 0.717) is 22.5 Å². The highest BCUT2D eigenvalue weighted by atomic mass is 19.4. The third-order valence-electron chi connectivity index (χ3n) is 5.77. The number of benzene rings is 1. The number of ether oxygens (including phenoxy) is 1. The number of carbonyl (C=O) groups excluding carboxylic acids is 1. The highest BCUT2D eigenvalue weighted by molar-refractivity contribution is 5.92. The number of likely N-dealkylation sites (tertiary alicyclic amines) is 1. The van der Waals surface area contributed by atoms with Gasteiger partial charge in [-0.05, 0) is 62.1 Å². The number of piperidine rings is 1. The van der Waals surface area contributed by atoms with E-state index < -0.39 is 12.1 Å². The van der Waals surface area contributed by atoms with E-state index in [4.69, 9.17) is 4.52 Å². The Kier molecular flexibility index (Phi) is 6.42. The molecule has 0 bridgehead atoms. The molecule has 2 aromatic heterocycles. The van der Waals surface area contributed by atoms with E-state index in [1.165, 1.54) is 16.8 Å². The van der Waals surface area contributed by atoms with Crippen LogP contribution in [0.2, 0.25) is 0 Å². The summed E-state index contributed by atoms with van der Waals surface area (Å²) in [5.74, 6) is -1.79. The minimum atomic E-state index is -5.11. The molecule has 8 nitrogen and oxygen atoms in total. The van der Waals surface area contributed by atoms with Gasteiger partial charge in [-0.1, -0.05) is 26.8 Å². The van der Waals surface area contributed by atoms with Crippen LogP contribution in [0.25, 0.3) is 16.9 Å². The van der Waals surface area contributed by atoms with Gasteiger partial charge in [0.15, 0.2) is 0 Å². The van der Waals surface area contributed by atoms with Crippen LogP contribution >= 0.6 is 0 Å². The molecule has 0 N–H and O–H groups in total. The van der Waals surface area contributed by atoms with Crippen LogP contribution in [0, 0.1) is 0 Å². The van der Waals surface area contributed by atoms with Crippen LogP contribution in [-0.2, 0) is 4.79 Å². The SMILES string of the molecule is CCCN1CCC(c2nc(-n3nc(C(C)C)c4c(OC(=O)C(F)(F)F)cccc43)no2)CC1. The molecule has 0 atom stereocenters. The Balaban J connectivity index is 1.67. The summed E-state index contributed by atoms with van der Waals surface area (Å²) < 4.78 is 50.0. The molecule has 0 aliphatic carbocycles. The number of hydrogen-bond donors (Lipinski definition) is 0. The number of carbonyl (C=O) groups is 1. The van der Waals surface area contributed by atoms with Crippen molar-refractivity contribution in [3.8, 4) is 11.7 Å². The standard InChI is InChI=1S/C22H26F3N5O3/c1-4-10-29-11-8-14(9-12-29)19-26-21(28-33-19)30-15-6-5-7-16(32-20(31)22(23,24)25)17(15)18(27-30)13(2)3/h5-7,13-14H,4,8-12H2,1-3H3. The molecular weight excluding hydrogens is 439 g/mol. The molecule has 33 heavy (non-hydrogen) atoms. The first-order chi connectivity index (χ1) is 15.7. The van der Waals surface area contributed by atoms with Crippen molar-refractivity contribution in [2.75, 3.05) is 19.6 Å². The second kappa shape index (κ2) is 9.12. The van der Waals surface area contributed by atoms with E-state index in [0.717, 1.165) is 38.9 Å². The molecule has 4 rings (SSSR count). The van der Waals surface area contributed by atoms with E-state index in [-0.39, 0.29) is 23.5 Å². The van der Waals surface area contributed by atoms with Crippen molar-refractivity contribution >= 4 is 16.9 Å². The Hall–Kier alpha value is -2.95. The fraction of sp³-hybridized carbons (Fsp3) is 0.545. The molecular formula is C22H26F3N5O3. The van der Waals surface area contributed by atoms with Gasteiger partial charge in [-0.2, -0.15) is 27.9 Å². The summed E-state index contributed by atoms with van der Waals surface area (Å²) in [5, 5.41) is 8.93. The second-order valence-corrected chi connectivity index (χ2v) is 8.54. The number of hydrogen-bond acceptors (Lipinski definition) is 7. The maximum absolute atomic E-state index is 12.8. The number of halogens is 3. The van der Waals surface area contributed by atoms with Gasteiger partial charge in [-0.15, -0.1) is 0 Å². The topological polar surface area (TPSA) is 86.3 Å². The zero-order valence-electron chi connectivity index (χ0n) is 18.7. The Morgan fingerprint density at radius 3 is 2.64 bits per heavy atom. The lowest BCUT2D eigenvalue weighted by molar-refractivity contribution is -0.189. The number of nitrogens with zero attached hydrogens (tertiary/aromatic N) is 5. The maximum Gasteiger partial charge on any atom is 0.491 e. The van der Waals surface area contributed by atoms with Crippen molar-refractivity contribution in [1.29, 1.82) is 0 Å². The average molecular weight is 465 g/mol. The van der Waals surface area contributed by atoms with Gasteiger partial charge in [0.05, 0.1) is 16.6 Å². The van der Waals surface area contributed by atoms with E-state index >= 15 is 0 Å². The molecule has 11 heteroatoms. The van der Waals surface area contributed by atoms with Gasteiger partial charge in [0.2, 0.25) is 5.89 Å². The third-order valence-corrected chi connectivity index (χ3v) is 5.77. The maximum atomic E-state index is 12.8. The number of fused-ring (bicyclic) bond motifs is 1. The number of aromatic nitrogens is 4. The van der Waals surface area contributed by atoms with Gasteiger partial charge >= 0.3 is 12.1 Å². The summed E-state index contributed by atoms with van der Waals surface area (Å²) >= 11 is 0. The predicted molar refractivity (Wildman–Crippen MR) is 113 cm³/mol. The normalized spacial score (nSPS) is 16.1. The van der Waals surface area contributed by atoms with E-state index in [1.807, 2.05) is 13.8 Å². The fourth-order valence-electron chi connectivity index (χ4n) is 4.16. The number of rotatable bonds is 6. The van der Waals surface area contributed by atoms with Crippen LogP contribution in [0.3, 0.4) is 0 Å². The molecule has 1 aromatic carbocycles. The van der Waals surface area contributed by atoms with E-state index in [9.17, 15) is 18.0 Å². The summed E-state index contributed by atoms with van der Waals surface area (Å²) in [4.78, 5) is 18.4. The van der Waals surface area contributed by atoms with Gasteiger partial charge < -0.3 is 14.2 Å². The quantitative estimate of drug-likeness (QED) is 0.389. The lowest BCUT2D eigenvalue weighted by Crippen LogP contribution is -2.33. The molecule has 0 amide bonds. The smallest absolute Gasteiger partial charge is 0.419 e. The van der Waals surface area contributed by atoms with E-state index in [2.05, 4.69) is 31.8 Å². The lowest BCUT2D eigenvalue weighted by Gasteiger charge is -2.29. The Bertz CT molecular complexity index is 1130. The second-order valence-electron chi connectivity index (χ2n) is 8.54. The number of esters is 1. The van der Waals surface area contributed by atoms with Crippen molar-refractivity contribution in [3.63, 3.8) is 0 Å². The fourth-order valence-corrected chi connectivity index (χ4v) is 4.16. The Morgan fingerprint density at radius 1 is 1.27 bits per heavy atom. The molecule has 1 aliphatic heterocycles. The lowest BCUT2D eigenvalue weighted by atomic mass is 9.97. The Morgan fingerprint density at radius 2 is 2.00 bits per heavy atom. The van der Waals surface area contributed by atoms with Crippen molar-refractivity contribution < 1.29 is 27.2 Å². The summed E-state index contributed by atoms with van der Waals surface area (Å²) in [6, 6.07) is 4.47. The van der Waals surface area contributed by atoms with Crippen LogP contribution in [0.4, 0.5) is 13.2 Å². The molecule has 0 saturated carbocycles. The molecule has 1 aliphatic rings. The van der Waals surface area contributed by atoms with Gasteiger partial charge in [0.25, 0.3) is 5.95 Å². The van der Waals surface area contributed by atoms with Crippen molar-refractivity contribution in [2.24, 2.45) is 0 Å². The molecule has 178 valence electrons. The van der Waals surface area contributed by atoms with Crippen LogP contribution in [-0.4, -0.2) is 56.6 Å². The van der Waals surface area contributed by atoms with Crippen LogP contribution in [0.1, 0.15) is 63.5 Å². The third kappa shape index (κ3) is 4.73. The minimum absolute atomic E-state index is 0.147. The summed E-state index contributed by atoms with van der Waals surface area (Å²) in [7, 11) is 0. The zero-order chi connectivity index (χ0) is 23.8. The first kappa shape index (κ1) is 23.2. The molecule has 1 fully saturated rings. The monoisotopic (exact) mass is 465 g/mol. The summed E-state index contributed by atoms with van der Waals surface area (Å²) in [6.45, 7) is 8.85. The predicted octanol–water partition coefficient (Wildman–Crippen LogP) is 4.59. The van der Waals surface area contributed by atoms with Crippen molar-refractivity contribution in [3.05, 3.63) is 29.8 Å².